The summed E-state index contributed by atoms with van der Waals surface area (Å²) in [7, 11) is -3.76. The third-order valence-corrected chi connectivity index (χ3v) is 6.68. The number of benzene rings is 2. The van der Waals surface area contributed by atoms with Crippen molar-refractivity contribution in [2.75, 3.05) is 47.7 Å². The number of sulfonamides is 1. The van der Waals surface area contributed by atoms with Crippen LogP contribution in [0, 0.1) is 0 Å². The first-order chi connectivity index (χ1) is 13.5. The van der Waals surface area contributed by atoms with Crippen molar-refractivity contribution in [2.24, 2.45) is 0 Å². The number of piperazine rings is 1. The van der Waals surface area contributed by atoms with Gasteiger partial charge in [0.1, 0.15) is 0 Å². The molecule has 0 unspecified atom stereocenters. The summed E-state index contributed by atoms with van der Waals surface area (Å²) in [6.45, 7) is 6.82. The van der Waals surface area contributed by atoms with E-state index in [9.17, 15) is 13.2 Å². The zero-order valence-electron chi connectivity index (χ0n) is 15.8. The van der Waals surface area contributed by atoms with Crippen molar-refractivity contribution in [3.63, 3.8) is 0 Å². The third-order valence-electron chi connectivity index (χ3n) is 5.32. The number of hydrogen-bond acceptors (Lipinski definition) is 5. The van der Waals surface area contributed by atoms with E-state index in [1.807, 2.05) is 18.2 Å². The number of nitrogens with zero attached hydrogens (tertiary/aromatic N) is 2. The van der Waals surface area contributed by atoms with Crippen LogP contribution in [0.3, 0.4) is 0 Å². The highest BCUT2D eigenvalue weighted by Gasteiger charge is 2.24. The summed E-state index contributed by atoms with van der Waals surface area (Å²) in [6, 6.07) is 12.2. The number of hydrogen-bond donors (Lipinski definition) is 2. The van der Waals surface area contributed by atoms with Crippen molar-refractivity contribution in [3.05, 3.63) is 48.0 Å². The summed E-state index contributed by atoms with van der Waals surface area (Å²) in [5.74, 6) is -0.117. The maximum absolute atomic E-state index is 13.0. The standard InChI is InChI=1S/C20H24N4O3S/c1-2-23-9-11-24(12-10-23)19-6-4-3-5-18(19)22-28(26,27)16-7-8-17-15(13-16)14-20(25)21-17/h3-8,13,22H,2,9-12,14H2,1H3,(H,21,25). The van der Waals surface area contributed by atoms with Crippen molar-refractivity contribution in [1.29, 1.82) is 0 Å². The summed E-state index contributed by atoms with van der Waals surface area (Å²) >= 11 is 0. The van der Waals surface area contributed by atoms with E-state index < -0.39 is 10.0 Å². The van der Waals surface area contributed by atoms with E-state index in [0.29, 0.717) is 16.9 Å². The summed E-state index contributed by atoms with van der Waals surface area (Å²) in [4.78, 5) is 16.3. The van der Waals surface area contributed by atoms with Crippen molar-refractivity contribution in [1.82, 2.24) is 4.90 Å². The quantitative estimate of drug-likeness (QED) is 0.804. The Morgan fingerprint density at radius 2 is 1.82 bits per heavy atom. The molecule has 0 spiro atoms. The number of amides is 1. The first kappa shape index (κ1) is 18.8. The van der Waals surface area contributed by atoms with Crippen molar-refractivity contribution in [2.45, 2.75) is 18.2 Å². The molecule has 1 amide bonds. The van der Waals surface area contributed by atoms with E-state index in [1.165, 1.54) is 6.07 Å². The predicted molar refractivity (Wildman–Crippen MR) is 110 cm³/mol. The molecule has 0 aromatic heterocycles. The maximum Gasteiger partial charge on any atom is 0.261 e. The molecule has 2 aromatic rings. The molecule has 0 bridgehead atoms. The predicted octanol–water partition coefficient (Wildman–Crippen LogP) is 2.12. The summed E-state index contributed by atoms with van der Waals surface area (Å²) < 4.78 is 28.7. The average molecular weight is 401 g/mol. The van der Waals surface area contributed by atoms with Crippen LogP contribution in [0.1, 0.15) is 12.5 Å². The van der Waals surface area contributed by atoms with Crippen LogP contribution in [0.5, 0.6) is 0 Å². The second-order valence-corrected chi connectivity index (χ2v) is 8.77. The molecule has 148 valence electrons. The number of carbonyl (C=O) groups excluding carboxylic acids is 1. The summed E-state index contributed by atoms with van der Waals surface area (Å²) in [5.41, 5.74) is 2.84. The molecular weight excluding hydrogens is 376 g/mol. The highest BCUT2D eigenvalue weighted by Crippen LogP contribution is 2.31. The van der Waals surface area contributed by atoms with Crippen LogP contribution in [0.25, 0.3) is 0 Å². The lowest BCUT2D eigenvalue weighted by molar-refractivity contribution is -0.115. The van der Waals surface area contributed by atoms with Crippen LogP contribution in [0.2, 0.25) is 0 Å². The van der Waals surface area contributed by atoms with Crippen molar-refractivity contribution >= 4 is 33.0 Å². The minimum Gasteiger partial charge on any atom is -0.367 e. The van der Waals surface area contributed by atoms with E-state index in [-0.39, 0.29) is 17.2 Å². The Morgan fingerprint density at radius 3 is 2.57 bits per heavy atom. The lowest BCUT2D eigenvalue weighted by Gasteiger charge is -2.36. The van der Waals surface area contributed by atoms with E-state index in [2.05, 4.69) is 26.8 Å². The van der Waals surface area contributed by atoms with Crippen LogP contribution in [-0.4, -0.2) is 51.9 Å². The Balaban J connectivity index is 1.58. The van der Waals surface area contributed by atoms with Crippen molar-refractivity contribution in [3.8, 4) is 0 Å². The van der Waals surface area contributed by atoms with Gasteiger partial charge in [-0.2, -0.15) is 0 Å². The molecule has 2 aliphatic rings. The smallest absolute Gasteiger partial charge is 0.261 e. The largest absolute Gasteiger partial charge is 0.367 e. The maximum atomic E-state index is 13.0. The van der Waals surface area contributed by atoms with E-state index in [4.69, 9.17) is 0 Å². The van der Waals surface area contributed by atoms with Crippen LogP contribution in [-0.2, 0) is 21.2 Å². The Kier molecular flexibility index (Phi) is 4.99. The molecule has 1 saturated heterocycles. The van der Waals surface area contributed by atoms with Gasteiger partial charge in [-0.15, -0.1) is 0 Å². The molecule has 0 aliphatic carbocycles. The van der Waals surface area contributed by atoms with Gasteiger partial charge < -0.3 is 15.1 Å². The van der Waals surface area contributed by atoms with Gasteiger partial charge in [0.15, 0.2) is 0 Å². The van der Waals surface area contributed by atoms with Crippen LogP contribution < -0.4 is 14.9 Å². The topological polar surface area (TPSA) is 81.8 Å². The highest BCUT2D eigenvalue weighted by atomic mass is 32.2. The molecule has 28 heavy (non-hydrogen) atoms. The normalized spacial score (nSPS) is 17.3. The number of fused-ring (bicyclic) bond motifs is 1. The molecule has 0 saturated carbocycles. The molecule has 8 heteroatoms. The number of nitrogens with one attached hydrogen (secondary N) is 2. The van der Waals surface area contributed by atoms with Crippen LogP contribution in [0.15, 0.2) is 47.4 Å². The van der Waals surface area contributed by atoms with E-state index in [0.717, 1.165) is 38.4 Å². The molecule has 7 nitrogen and oxygen atoms in total. The zero-order chi connectivity index (χ0) is 19.7. The molecule has 0 radical (unpaired) electrons. The molecule has 2 N–H and O–H groups in total. The van der Waals surface area contributed by atoms with Crippen LogP contribution >= 0.6 is 0 Å². The minimum absolute atomic E-state index is 0.117. The number of para-hydroxylation sites is 2. The first-order valence-electron chi connectivity index (χ1n) is 9.48. The Bertz CT molecular complexity index is 998. The average Bonchev–Trinajstić information content (AvgIpc) is 3.07. The fourth-order valence-corrected chi connectivity index (χ4v) is 4.84. The van der Waals surface area contributed by atoms with Crippen LogP contribution in [0.4, 0.5) is 17.1 Å². The fraction of sp³-hybridized carbons (Fsp3) is 0.350. The van der Waals surface area contributed by atoms with Gasteiger partial charge in [-0.3, -0.25) is 9.52 Å². The number of anilines is 3. The SMILES string of the molecule is CCN1CCN(c2ccccc2NS(=O)(=O)c2ccc3c(c2)CC(=O)N3)CC1. The van der Waals surface area contributed by atoms with Gasteiger partial charge >= 0.3 is 0 Å². The number of likely N-dealkylation sites (N-methyl/N-ethyl adjacent to an activating group) is 1. The minimum atomic E-state index is -3.76. The van der Waals surface area contributed by atoms with Gasteiger partial charge in [0.25, 0.3) is 10.0 Å². The van der Waals surface area contributed by atoms with Gasteiger partial charge in [-0.1, -0.05) is 19.1 Å². The van der Waals surface area contributed by atoms with Crippen molar-refractivity contribution < 1.29 is 13.2 Å². The Hall–Kier alpha value is -2.58. The van der Waals surface area contributed by atoms with E-state index in [1.54, 1.807) is 18.2 Å². The van der Waals surface area contributed by atoms with E-state index >= 15 is 0 Å². The fourth-order valence-electron chi connectivity index (χ4n) is 3.72. The van der Waals surface area contributed by atoms with Gasteiger partial charge in [-0.25, -0.2) is 8.42 Å². The molecular formula is C20H24N4O3S. The summed E-state index contributed by atoms with van der Waals surface area (Å²) in [5, 5.41) is 2.72. The monoisotopic (exact) mass is 400 g/mol. The zero-order valence-corrected chi connectivity index (χ0v) is 16.6. The molecule has 4 rings (SSSR count). The van der Waals surface area contributed by atoms with Gasteiger partial charge in [0.2, 0.25) is 5.91 Å². The molecule has 1 fully saturated rings. The Morgan fingerprint density at radius 1 is 1.07 bits per heavy atom. The lowest BCUT2D eigenvalue weighted by atomic mass is 10.2. The van der Waals surface area contributed by atoms with Gasteiger partial charge in [-0.05, 0) is 42.4 Å². The molecule has 0 atom stereocenters. The highest BCUT2D eigenvalue weighted by molar-refractivity contribution is 7.92. The third kappa shape index (κ3) is 3.70. The molecule has 2 aliphatic heterocycles. The lowest BCUT2D eigenvalue weighted by Crippen LogP contribution is -2.46. The first-order valence-corrected chi connectivity index (χ1v) is 11.0. The molecule has 2 heterocycles. The van der Waals surface area contributed by atoms with Gasteiger partial charge in [0.05, 0.1) is 22.7 Å². The Labute approximate surface area is 165 Å². The molecule has 2 aromatic carbocycles. The number of rotatable bonds is 5. The summed E-state index contributed by atoms with van der Waals surface area (Å²) in [6.07, 6.45) is 0.205. The number of carbonyl (C=O) groups is 1. The second-order valence-electron chi connectivity index (χ2n) is 7.09. The van der Waals surface area contributed by atoms with Gasteiger partial charge in [0, 0.05) is 31.9 Å². The second kappa shape index (κ2) is 7.44.